The Balaban J connectivity index is 0.000000177. The highest BCUT2D eigenvalue weighted by molar-refractivity contribution is 9.11. The van der Waals surface area contributed by atoms with Crippen LogP contribution in [0.2, 0.25) is 0 Å². The molecular weight excluding hydrogens is 516 g/mol. The Morgan fingerprint density at radius 2 is 1.74 bits per heavy atom. The van der Waals surface area contributed by atoms with Gasteiger partial charge in [0.25, 0.3) is 0 Å². The molecule has 6 nitrogen and oxygen atoms in total. The molecule has 2 aromatic rings. The molecule has 0 saturated heterocycles. The monoisotopic (exact) mass is 536 g/mol. The molecule has 0 atom stereocenters. The van der Waals surface area contributed by atoms with Gasteiger partial charge in [0.2, 0.25) is 0 Å². The Kier molecular flexibility index (Phi) is 6.94. The Morgan fingerprint density at radius 1 is 1.11 bits per heavy atom. The molecule has 0 radical (unpaired) electrons. The van der Waals surface area contributed by atoms with Gasteiger partial charge < -0.3 is 15.0 Å². The Morgan fingerprint density at radius 3 is 2.37 bits per heavy atom. The van der Waals surface area contributed by atoms with Crippen LogP contribution >= 0.6 is 54.5 Å². The van der Waals surface area contributed by atoms with Gasteiger partial charge in [0, 0.05) is 42.2 Å². The van der Waals surface area contributed by atoms with Gasteiger partial charge in [-0.05, 0) is 52.6 Å². The topological polar surface area (TPSA) is 67.4 Å². The number of aromatic nitrogens is 2. The quantitative estimate of drug-likeness (QED) is 0.525. The lowest BCUT2D eigenvalue weighted by Gasteiger charge is -2.29. The zero-order valence-electron chi connectivity index (χ0n) is 15.5. The number of nitrogens with one attached hydrogen (secondary N) is 1. The SMILES string of the molecule is Brc1nc2c(s1)CNCC2.CC(C)(C)OC(=O)N1CCc2nc(Br)sc2C1. The summed E-state index contributed by atoms with van der Waals surface area (Å²) in [6, 6.07) is 0. The first kappa shape index (κ1) is 21.2. The standard InChI is InChI=1S/C11H15BrN2O2S.C6H7BrN2S/c1-11(2,3)16-10(15)14-5-4-7-8(6-14)17-9(12)13-7;7-6-9-4-1-2-8-3-5(4)10-6/h4-6H2,1-3H3;8H,1-3H2. The predicted octanol–water partition coefficient (Wildman–Crippen LogP) is 4.75. The fourth-order valence-corrected chi connectivity index (χ4v) is 5.98. The summed E-state index contributed by atoms with van der Waals surface area (Å²) in [4.78, 5) is 24.9. The zero-order valence-corrected chi connectivity index (χ0v) is 20.3. The Bertz CT molecular complexity index is 793. The van der Waals surface area contributed by atoms with Crippen LogP contribution < -0.4 is 5.32 Å². The van der Waals surface area contributed by atoms with Crippen molar-refractivity contribution < 1.29 is 9.53 Å². The molecule has 27 heavy (non-hydrogen) atoms. The van der Waals surface area contributed by atoms with E-state index in [1.54, 1.807) is 27.6 Å². The number of carbonyl (C=O) groups is 1. The first-order valence-corrected chi connectivity index (χ1v) is 11.9. The molecule has 0 bridgehead atoms. The number of fused-ring (bicyclic) bond motifs is 2. The van der Waals surface area contributed by atoms with Crippen LogP contribution in [-0.4, -0.2) is 39.7 Å². The van der Waals surface area contributed by atoms with E-state index in [1.165, 1.54) is 10.6 Å². The number of carbonyl (C=O) groups excluding carboxylic acids is 1. The molecule has 0 unspecified atom stereocenters. The largest absolute Gasteiger partial charge is 0.444 e. The maximum atomic E-state index is 11.9. The van der Waals surface area contributed by atoms with Gasteiger partial charge in [0.05, 0.1) is 17.9 Å². The molecule has 148 valence electrons. The summed E-state index contributed by atoms with van der Waals surface area (Å²) < 4.78 is 7.26. The van der Waals surface area contributed by atoms with Crippen LogP contribution in [0.5, 0.6) is 0 Å². The molecule has 2 aliphatic rings. The maximum Gasteiger partial charge on any atom is 0.410 e. The number of nitrogens with zero attached hydrogens (tertiary/aromatic N) is 3. The summed E-state index contributed by atoms with van der Waals surface area (Å²) in [5, 5.41) is 3.30. The zero-order chi connectivity index (χ0) is 19.6. The maximum absolute atomic E-state index is 11.9. The average molecular weight is 538 g/mol. The molecule has 0 saturated carbocycles. The van der Waals surface area contributed by atoms with Crippen molar-refractivity contribution in [2.75, 3.05) is 13.1 Å². The predicted molar refractivity (Wildman–Crippen MR) is 115 cm³/mol. The molecule has 1 amide bonds. The van der Waals surface area contributed by atoms with E-state index >= 15 is 0 Å². The molecule has 0 spiro atoms. The van der Waals surface area contributed by atoms with E-state index in [9.17, 15) is 4.79 Å². The average Bonchev–Trinajstić information content (AvgIpc) is 3.13. The third-order valence-corrected chi connectivity index (χ3v) is 7.02. The van der Waals surface area contributed by atoms with Gasteiger partial charge in [0.1, 0.15) is 5.60 Å². The highest BCUT2D eigenvalue weighted by Crippen LogP contribution is 2.29. The highest BCUT2D eigenvalue weighted by Gasteiger charge is 2.27. The fourth-order valence-electron chi connectivity index (χ4n) is 2.74. The summed E-state index contributed by atoms with van der Waals surface area (Å²) in [5.41, 5.74) is 1.93. The second-order valence-electron chi connectivity index (χ2n) is 7.25. The second kappa shape index (κ2) is 8.86. The normalized spacial score (nSPS) is 16.1. The van der Waals surface area contributed by atoms with E-state index < -0.39 is 5.60 Å². The van der Waals surface area contributed by atoms with Crippen molar-refractivity contribution in [2.45, 2.75) is 52.3 Å². The van der Waals surface area contributed by atoms with E-state index in [0.717, 1.165) is 44.3 Å². The van der Waals surface area contributed by atoms with Crippen molar-refractivity contribution in [1.82, 2.24) is 20.2 Å². The van der Waals surface area contributed by atoms with Crippen LogP contribution in [0.1, 0.15) is 41.9 Å². The molecule has 0 aliphatic carbocycles. The van der Waals surface area contributed by atoms with Crippen LogP contribution in [0.25, 0.3) is 0 Å². The number of hydrogen-bond donors (Lipinski definition) is 1. The number of rotatable bonds is 0. The van der Waals surface area contributed by atoms with Crippen molar-refractivity contribution in [3.05, 3.63) is 29.0 Å². The summed E-state index contributed by atoms with van der Waals surface area (Å²) in [5.74, 6) is 0. The van der Waals surface area contributed by atoms with E-state index in [0.29, 0.717) is 13.1 Å². The second-order valence-corrected chi connectivity index (χ2v) is 12.0. The smallest absolute Gasteiger partial charge is 0.410 e. The third-order valence-electron chi connectivity index (χ3n) is 3.93. The highest BCUT2D eigenvalue weighted by atomic mass is 79.9. The first-order valence-electron chi connectivity index (χ1n) is 8.68. The minimum atomic E-state index is -0.439. The number of hydrogen-bond acceptors (Lipinski definition) is 7. The van der Waals surface area contributed by atoms with Crippen molar-refractivity contribution in [3.8, 4) is 0 Å². The van der Waals surface area contributed by atoms with Crippen LogP contribution in [-0.2, 0) is 30.7 Å². The van der Waals surface area contributed by atoms with Crippen LogP contribution in [0, 0.1) is 0 Å². The van der Waals surface area contributed by atoms with Gasteiger partial charge in [-0.3, -0.25) is 0 Å². The minimum absolute atomic E-state index is 0.243. The van der Waals surface area contributed by atoms with Crippen LogP contribution in [0.3, 0.4) is 0 Å². The molecule has 4 rings (SSSR count). The Labute approximate surface area is 184 Å². The van der Waals surface area contributed by atoms with Gasteiger partial charge in [-0.15, -0.1) is 22.7 Å². The Hall–Kier alpha value is -0.550. The molecule has 2 aliphatic heterocycles. The van der Waals surface area contributed by atoms with Gasteiger partial charge in [0.15, 0.2) is 7.83 Å². The number of halogens is 2. The van der Waals surface area contributed by atoms with Gasteiger partial charge in [-0.25, -0.2) is 14.8 Å². The molecule has 0 aromatic carbocycles. The molecule has 0 fully saturated rings. The number of thiazole rings is 2. The van der Waals surface area contributed by atoms with Gasteiger partial charge in [-0.1, -0.05) is 0 Å². The van der Waals surface area contributed by atoms with E-state index in [4.69, 9.17) is 4.74 Å². The van der Waals surface area contributed by atoms with Crippen molar-refractivity contribution >= 4 is 60.6 Å². The van der Waals surface area contributed by atoms with E-state index in [-0.39, 0.29) is 6.09 Å². The molecule has 2 aromatic heterocycles. The van der Waals surface area contributed by atoms with E-state index in [1.807, 2.05) is 20.8 Å². The summed E-state index contributed by atoms with van der Waals surface area (Å²) in [6.07, 6.45) is 1.64. The molecule has 4 heterocycles. The fraction of sp³-hybridized carbons (Fsp3) is 0.588. The minimum Gasteiger partial charge on any atom is -0.444 e. The van der Waals surface area contributed by atoms with Gasteiger partial charge >= 0.3 is 6.09 Å². The van der Waals surface area contributed by atoms with Crippen LogP contribution in [0.4, 0.5) is 4.79 Å². The lowest BCUT2D eigenvalue weighted by molar-refractivity contribution is 0.0225. The van der Waals surface area contributed by atoms with Crippen molar-refractivity contribution in [2.24, 2.45) is 0 Å². The lowest BCUT2D eigenvalue weighted by atomic mass is 10.2. The van der Waals surface area contributed by atoms with Crippen molar-refractivity contribution in [3.63, 3.8) is 0 Å². The van der Waals surface area contributed by atoms with Crippen molar-refractivity contribution in [1.29, 1.82) is 0 Å². The molecular formula is C17H22Br2N4O2S2. The summed E-state index contributed by atoms with van der Waals surface area (Å²) in [7, 11) is 0. The third kappa shape index (κ3) is 5.96. The molecule has 10 heteroatoms. The van der Waals surface area contributed by atoms with Crippen LogP contribution in [0.15, 0.2) is 7.83 Å². The lowest BCUT2D eigenvalue weighted by Crippen LogP contribution is -2.39. The first-order chi connectivity index (χ1) is 12.7. The van der Waals surface area contributed by atoms with Gasteiger partial charge in [-0.2, -0.15) is 0 Å². The summed E-state index contributed by atoms with van der Waals surface area (Å²) in [6.45, 7) is 8.99. The number of amides is 1. The molecule has 1 N–H and O–H groups in total. The summed E-state index contributed by atoms with van der Waals surface area (Å²) >= 11 is 10.1. The van der Waals surface area contributed by atoms with E-state index in [2.05, 4.69) is 47.1 Å². The number of ether oxygens (including phenoxy) is 1.